The Hall–Kier alpha value is -1.52. The summed E-state index contributed by atoms with van der Waals surface area (Å²) in [6.07, 6.45) is 6.52. The van der Waals surface area contributed by atoms with Gasteiger partial charge in [0.05, 0.1) is 5.02 Å². The SMILES string of the molecule is NC1CCCc2nc(-c3ncccc3Cl)ncc21. The fourth-order valence-electron chi connectivity index (χ4n) is 2.25. The Morgan fingerprint density at radius 2 is 2.22 bits per heavy atom. The Morgan fingerprint density at radius 3 is 3.06 bits per heavy atom. The quantitative estimate of drug-likeness (QED) is 0.856. The number of aromatic nitrogens is 3. The number of fused-ring (bicyclic) bond motifs is 1. The molecule has 0 saturated carbocycles. The van der Waals surface area contributed by atoms with Crippen molar-refractivity contribution in [1.82, 2.24) is 15.0 Å². The summed E-state index contributed by atoms with van der Waals surface area (Å²) >= 11 is 6.10. The lowest BCUT2D eigenvalue weighted by Gasteiger charge is -2.20. The van der Waals surface area contributed by atoms with E-state index in [9.17, 15) is 0 Å². The van der Waals surface area contributed by atoms with Crippen LogP contribution in [0.2, 0.25) is 5.02 Å². The van der Waals surface area contributed by atoms with Crippen LogP contribution in [0.4, 0.5) is 0 Å². The largest absolute Gasteiger partial charge is 0.324 e. The molecule has 0 radical (unpaired) electrons. The normalized spacial score (nSPS) is 18.4. The average molecular weight is 261 g/mol. The molecule has 0 spiro atoms. The van der Waals surface area contributed by atoms with Crippen LogP contribution in [0.1, 0.15) is 30.1 Å². The molecule has 92 valence electrons. The minimum absolute atomic E-state index is 0.0574. The first-order chi connectivity index (χ1) is 8.75. The molecule has 1 atom stereocenters. The van der Waals surface area contributed by atoms with E-state index in [1.54, 1.807) is 18.3 Å². The minimum Gasteiger partial charge on any atom is -0.324 e. The van der Waals surface area contributed by atoms with E-state index in [1.165, 1.54) is 0 Å². The maximum absolute atomic E-state index is 6.10. The fraction of sp³-hybridized carbons (Fsp3) is 0.308. The molecular formula is C13H13ClN4. The zero-order chi connectivity index (χ0) is 12.5. The molecule has 3 rings (SSSR count). The van der Waals surface area contributed by atoms with Gasteiger partial charge in [0, 0.05) is 29.7 Å². The summed E-state index contributed by atoms with van der Waals surface area (Å²) in [4.78, 5) is 13.1. The van der Waals surface area contributed by atoms with Crippen LogP contribution in [-0.2, 0) is 6.42 Å². The summed E-state index contributed by atoms with van der Waals surface area (Å²) in [6.45, 7) is 0. The van der Waals surface area contributed by atoms with Crippen molar-refractivity contribution in [3.8, 4) is 11.5 Å². The van der Waals surface area contributed by atoms with E-state index in [1.807, 2.05) is 6.20 Å². The van der Waals surface area contributed by atoms with Gasteiger partial charge in [-0.05, 0) is 31.4 Å². The van der Waals surface area contributed by atoms with Gasteiger partial charge in [-0.15, -0.1) is 0 Å². The van der Waals surface area contributed by atoms with Crippen LogP contribution in [0.15, 0.2) is 24.5 Å². The zero-order valence-corrected chi connectivity index (χ0v) is 10.6. The highest BCUT2D eigenvalue weighted by molar-refractivity contribution is 6.32. The van der Waals surface area contributed by atoms with Gasteiger partial charge in [0.25, 0.3) is 0 Å². The van der Waals surface area contributed by atoms with Crippen molar-refractivity contribution in [3.05, 3.63) is 40.8 Å². The van der Waals surface area contributed by atoms with Gasteiger partial charge in [0.1, 0.15) is 5.69 Å². The highest BCUT2D eigenvalue weighted by atomic mass is 35.5. The Morgan fingerprint density at radius 1 is 1.33 bits per heavy atom. The average Bonchev–Trinajstić information content (AvgIpc) is 2.39. The van der Waals surface area contributed by atoms with Crippen molar-refractivity contribution < 1.29 is 0 Å². The van der Waals surface area contributed by atoms with Gasteiger partial charge in [0.15, 0.2) is 5.82 Å². The summed E-state index contributed by atoms with van der Waals surface area (Å²) in [5.74, 6) is 0.577. The summed E-state index contributed by atoms with van der Waals surface area (Å²) in [5, 5.41) is 0.567. The third-order valence-corrected chi connectivity index (χ3v) is 3.50. The molecular weight excluding hydrogens is 248 g/mol. The van der Waals surface area contributed by atoms with E-state index in [-0.39, 0.29) is 6.04 Å². The third kappa shape index (κ3) is 1.98. The fourth-order valence-corrected chi connectivity index (χ4v) is 2.45. The van der Waals surface area contributed by atoms with Gasteiger partial charge in [-0.25, -0.2) is 9.97 Å². The van der Waals surface area contributed by atoms with Crippen molar-refractivity contribution in [2.75, 3.05) is 0 Å². The lowest BCUT2D eigenvalue weighted by molar-refractivity contribution is 0.557. The first-order valence-corrected chi connectivity index (χ1v) is 6.36. The van der Waals surface area contributed by atoms with E-state index < -0.39 is 0 Å². The summed E-state index contributed by atoms with van der Waals surface area (Å²) in [7, 11) is 0. The standard InChI is InChI=1S/C13H13ClN4/c14-9-3-2-6-16-12(9)13-17-7-8-10(15)4-1-5-11(8)18-13/h2-3,6-7,10H,1,4-5,15H2. The minimum atomic E-state index is 0.0574. The number of pyridine rings is 1. The molecule has 0 fully saturated rings. The highest BCUT2D eigenvalue weighted by Gasteiger charge is 2.20. The predicted octanol–water partition coefficient (Wildman–Crippen LogP) is 2.53. The molecule has 0 aliphatic heterocycles. The van der Waals surface area contributed by atoms with E-state index in [4.69, 9.17) is 17.3 Å². The molecule has 2 aromatic heterocycles. The van der Waals surface area contributed by atoms with Crippen LogP contribution >= 0.6 is 11.6 Å². The van der Waals surface area contributed by atoms with Crippen molar-refractivity contribution in [3.63, 3.8) is 0 Å². The first kappa shape index (κ1) is 11.6. The molecule has 5 heteroatoms. The Bertz CT molecular complexity index is 585. The van der Waals surface area contributed by atoms with Crippen molar-refractivity contribution >= 4 is 11.6 Å². The number of nitrogens with two attached hydrogens (primary N) is 1. The van der Waals surface area contributed by atoms with Crippen molar-refractivity contribution in [2.45, 2.75) is 25.3 Å². The number of rotatable bonds is 1. The maximum Gasteiger partial charge on any atom is 0.179 e. The van der Waals surface area contributed by atoms with E-state index in [0.717, 1.165) is 30.5 Å². The summed E-state index contributed by atoms with van der Waals surface area (Å²) < 4.78 is 0. The molecule has 2 N–H and O–H groups in total. The molecule has 2 heterocycles. The Labute approximate surface area is 110 Å². The second kappa shape index (κ2) is 4.63. The number of halogens is 1. The van der Waals surface area contributed by atoms with Crippen LogP contribution in [0.3, 0.4) is 0 Å². The molecule has 18 heavy (non-hydrogen) atoms. The molecule has 4 nitrogen and oxygen atoms in total. The predicted molar refractivity (Wildman–Crippen MR) is 70.1 cm³/mol. The van der Waals surface area contributed by atoms with Gasteiger partial charge in [-0.3, -0.25) is 4.98 Å². The molecule has 0 aromatic carbocycles. The lowest BCUT2D eigenvalue weighted by Crippen LogP contribution is -2.19. The van der Waals surface area contributed by atoms with Crippen LogP contribution in [0, 0.1) is 0 Å². The molecule has 1 aliphatic rings. The van der Waals surface area contributed by atoms with Crippen molar-refractivity contribution in [2.24, 2.45) is 5.73 Å². The second-order valence-electron chi connectivity index (χ2n) is 4.43. The van der Waals surface area contributed by atoms with E-state index in [2.05, 4.69) is 15.0 Å². The molecule has 1 unspecified atom stereocenters. The van der Waals surface area contributed by atoms with Gasteiger partial charge >= 0.3 is 0 Å². The zero-order valence-electron chi connectivity index (χ0n) is 9.81. The van der Waals surface area contributed by atoms with Gasteiger partial charge in [0.2, 0.25) is 0 Å². The Kier molecular flexibility index (Phi) is 2.97. The lowest BCUT2D eigenvalue weighted by atomic mass is 9.93. The molecule has 0 amide bonds. The Balaban J connectivity index is 2.08. The summed E-state index contributed by atoms with van der Waals surface area (Å²) in [5.41, 5.74) is 8.75. The number of hydrogen-bond acceptors (Lipinski definition) is 4. The van der Waals surface area contributed by atoms with Crippen LogP contribution in [-0.4, -0.2) is 15.0 Å². The molecule has 0 bridgehead atoms. The summed E-state index contributed by atoms with van der Waals surface area (Å²) in [6, 6.07) is 3.64. The van der Waals surface area contributed by atoms with Gasteiger partial charge in [-0.1, -0.05) is 11.6 Å². The van der Waals surface area contributed by atoms with E-state index >= 15 is 0 Å². The van der Waals surface area contributed by atoms with Crippen LogP contribution in [0.5, 0.6) is 0 Å². The smallest absolute Gasteiger partial charge is 0.179 e. The molecule has 2 aromatic rings. The van der Waals surface area contributed by atoms with Crippen molar-refractivity contribution in [1.29, 1.82) is 0 Å². The topological polar surface area (TPSA) is 64.7 Å². The maximum atomic E-state index is 6.10. The van der Waals surface area contributed by atoms with Gasteiger partial charge in [-0.2, -0.15) is 0 Å². The first-order valence-electron chi connectivity index (χ1n) is 5.98. The third-order valence-electron chi connectivity index (χ3n) is 3.20. The number of aryl methyl sites for hydroxylation is 1. The molecule has 1 aliphatic carbocycles. The molecule has 0 saturated heterocycles. The number of nitrogens with zero attached hydrogens (tertiary/aromatic N) is 3. The number of hydrogen-bond donors (Lipinski definition) is 1. The van der Waals surface area contributed by atoms with Crippen LogP contribution in [0.25, 0.3) is 11.5 Å². The van der Waals surface area contributed by atoms with E-state index in [0.29, 0.717) is 16.5 Å². The monoisotopic (exact) mass is 260 g/mol. The van der Waals surface area contributed by atoms with Crippen LogP contribution < -0.4 is 5.73 Å². The van der Waals surface area contributed by atoms with Gasteiger partial charge < -0.3 is 5.73 Å². The highest BCUT2D eigenvalue weighted by Crippen LogP contribution is 2.28. The second-order valence-corrected chi connectivity index (χ2v) is 4.84.